The smallest absolute Gasteiger partial charge is 0.191 e. The highest BCUT2D eigenvalue weighted by molar-refractivity contribution is 14.0. The molecule has 1 aliphatic rings. The first-order valence-electron chi connectivity index (χ1n) is 9.76. The molecule has 0 amide bonds. The lowest BCUT2D eigenvalue weighted by Gasteiger charge is -2.20. The third kappa shape index (κ3) is 6.50. The lowest BCUT2D eigenvalue weighted by molar-refractivity contribution is 0.506. The molecule has 29 heavy (non-hydrogen) atoms. The van der Waals surface area contributed by atoms with Crippen LogP contribution in [0.1, 0.15) is 17.1 Å². The second-order valence-electron chi connectivity index (χ2n) is 6.91. The second-order valence-corrected chi connectivity index (χ2v) is 7.94. The van der Waals surface area contributed by atoms with Crippen molar-refractivity contribution in [1.82, 2.24) is 10.6 Å². The molecule has 0 radical (unpaired) electrons. The third-order valence-electron chi connectivity index (χ3n) is 4.87. The number of halogens is 1. The summed E-state index contributed by atoms with van der Waals surface area (Å²) in [5.74, 6) is 1.86. The minimum Gasteiger partial charge on any atom is -0.469 e. The SMILES string of the molecule is I.c1ccc(N2CCC(NC(=NCc3cccs3)NCCc3ccco3)C2)cc1. The van der Waals surface area contributed by atoms with Gasteiger partial charge in [0.2, 0.25) is 0 Å². The number of guanidine groups is 1. The number of rotatable bonds is 7. The van der Waals surface area contributed by atoms with Crippen molar-refractivity contribution in [2.45, 2.75) is 25.4 Å². The largest absolute Gasteiger partial charge is 0.469 e. The molecule has 0 aliphatic carbocycles. The number of nitrogens with zero attached hydrogens (tertiary/aromatic N) is 2. The molecule has 1 atom stereocenters. The minimum atomic E-state index is 0. The molecule has 2 N–H and O–H groups in total. The summed E-state index contributed by atoms with van der Waals surface area (Å²) < 4.78 is 5.43. The standard InChI is InChI=1S/C22H26N4OS.HI/c1-2-6-19(7-3-1)26-13-11-18(17-26)25-22(24-16-21-9-5-15-28-21)23-12-10-20-8-4-14-27-20;/h1-9,14-15,18H,10-13,16-17H2,(H2,23,24,25);1H. The summed E-state index contributed by atoms with van der Waals surface area (Å²) >= 11 is 1.74. The van der Waals surface area contributed by atoms with Crippen molar-refractivity contribution in [3.8, 4) is 0 Å². The Morgan fingerprint density at radius 2 is 2.03 bits per heavy atom. The number of hydrogen-bond donors (Lipinski definition) is 2. The van der Waals surface area contributed by atoms with Gasteiger partial charge in [0.05, 0.1) is 12.8 Å². The molecule has 1 unspecified atom stereocenters. The summed E-state index contributed by atoms with van der Waals surface area (Å²) in [6.45, 7) is 3.54. The molecule has 1 aromatic carbocycles. The van der Waals surface area contributed by atoms with E-state index in [4.69, 9.17) is 9.41 Å². The van der Waals surface area contributed by atoms with Crippen LogP contribution in [0.25, 0.3) is 0 Å². The molecule has 1 saturated heterocycles. The van der Waals surface area contributed by atoms with Crippen molar-refractivity contribution in [3.63, 3.8) is 0 Å². The number of para-hydroxylation sites is 1. The van der Waals surface area contributed by atoms with Crippen molar-refractivity contribution in [2.24, 2.45) is 4.99 Å². The molecule has 3 heterocycles. The quantitative estimate of drug-likeness (QED) is 0.272. The highest BCUT2D eigenvalue weighted by Gasteiger charge is 2.23. The van der Waals surface area contributed by atoms with E-state index in [1.165, 1.54) is 10.6 Å². The van der Waals surface area contributed by atoms with Gasteiger partial charge in [-0.05, 0) is 42.1 Å². The Morgan fingerprint density at radius 1 is 1.14 bits per heavy atom. The maximum absolute atomic E-state index is 5.43. The molecular formula is C22H27IN4OS. The lowest BCUT2D eigenvalue weighted by Crippen LogP contribution is -2.45. The topological polar surface area (TPSA) is 52.8 Å². The van der Waals surface area contributed by atoms with Crippen LogP contribution in [-0.4, -0.2) is 31.6 Å². The zero-order valence-electron chi connectivity index (χ0n) is 16.3. The van der Waals surface area contributed by atoms with Gasteiger partial charge in [-0.25, -0.2) is 4.99 Å². The summed E-state index contributed by atoms with van der Waals surface area (Å²) in [5, 5.41) is 9.19. The van der Waals surface area contributed by atoms with Crippen molar-refractivity contribution in [3.05, 3.63) is 76.9 Å². The van der Waals surface area contributed by atoms with Crippen LogP contribution in [0.5, 0.6) is 0 Å². The van der Waals surface area contributed by atoms with Crippen LogP contribution in [0.4, 0.5) is 5.69 Å². The minimum absolute atomic E-state index is 0. The molecule has 4 rings (SSSR count). The Balaban J connectivity index is 0.00000240. The number of nitrogens with one attached hydrogen (secondary N) is 2. The third-order valence-corrected chi connectivity index (χ3v) is 5.73. The van der Waals surface area contributed by atoms with E-state index in [9.17, 15) is 0 Å². The number of aliphatic imine (C=N–C) groups is 1. The fourth-order valence-electron chi connectivity index (χ4n) is 3.42. The number of furan rings is 1. The van der Waals surface area contributed by atoms with E-state index >= 15 is 0 Å². The van der Waals surface area contributed by atoms with Gasteiger partial charge in [0.1, 0.15) is 5.76 Å². The summed E-state index contributed by atoms with van der Waals surface area (Å²) in [6, 6.07) is 19.1. The number of thiophene rings is 1. The Kier molecular flexibility index (Phi) is 8.42. The molecule has 154 valence electrons. The van der Waals surface area contributed by atoms with Crippen LogP contribution in [0.15, 0.2) is 75.7 Å². The van der Waals surface area contributed by atoms with E-state index < -0.39 is 0 Å². The van der Waals surface area contributed by atoms with Crippen molar-refractivity contribution >= 4 is 47.0 Å². The van der Waals surface area contributed by atoms with Crippen LogP contribution in [0.2, 0.25) is 0 Å². The summed E-state index contributed by atoms with van der Waals surface area (Å²) in [7, 11) is 0. The number of anilines is 1. The molecule has 1 fully saturated rings. The average molecular weight is 522 g/mol. The van der Waals surface area contributed by atoms with Crippen molar-refractivity contribution < 1.29 is 4.42 Å². The van der Waals surface area contributed by atoms with Gasteiger partial charge in [-0.1, -0.05) is 24.3 Å². The first-order valence-corrected chi connectivity index (χ1v) is 10.6. The Labute approximate surface area is 193 Å². The summed E-state index contributed by atoms with van der Waals surface area (Å²) in [6.07, 6.45) is 3.66. The van der Waals surface area contributed by atoms with Gasteiger partial charge in [-0.2, -0.15) is 0 Å². The first-order chi connectivity index (χ1) is 13.9. The van der Waals surface area contributed by atoms with Gasteiger partial charge in [0.25, 0.3) is 0 Å². The Morgan fingerprint density at radius 3 is 2.79 bits per heavy atom. The van der Waals surface area contributed by atoms with Crippen LogP contribution in [-0.2, 0) is 13.0 Å². The fraction of sp³-hybridized carbons (Fsp3) is 0.318. The maximum atomic E-state index is 5.43. The maximum Gasteiger partial charge on any atom is 0.191 e. The molecule has 0 bridgehead atoms. The van der Waals surface area contributed by atoms with E-state index in [2.05, 4.69) is 63.4 Å². The second kappa shape index (κ2) is 11.3. The summed E-state index contributed by atoms with van der Waals surface area (Å²) in [5.41, 5.74) is 1.29. The lowest BCUT2D eigenvalue weighted by atomic mass is 10.2. The zero-order valence-corrected chi connectivity index (χ0v) is 19.4. The number of hydrogen-bond acceptors (Lipinski definition) is 4. The molecule has 0 saturated carbocycles. The van der Waals surface area contributed by atoms with Crippen LogP contribution in [0.3, 0.4) is 0 Å². The van der Waals surface area contributed by atoms with Gasteiger partial charge in [0.15, 0.2) is 5.96 Å². The van der Waals surface area contributed by atoms with E-state index in [1.807, 2.05) is 12.1 Å². The number of benzene rings is 1. The first kappa shape index (κ1) is 21.7. The van der Waals surface area contributed by atoms with Gasteiger partial charge >= 0.3 is 0 Å². The van der Waals surface area contributed by atoms with E-state index in [-0.39, 0.29) is 24.0 Å². The fourth-order valence-corrected chi connectivity index (χ4v) is 4.04. The molecule has 3 aromatic rings. The van der Waals surface area contributed by atoms with Crippen LogP contribution < -0.4 is 15.5 Å². The Bertz CT molecular complexity index is 852. The normalized spacial score (nSPS) is 16.5. The highest BCUT2D eigenvalue weighted by atomic mass is 127. The average Bonchev–Trinajstić information content (AvgIpc) is 3.49. The van der Waals surface area contributed by atoms with Crippen molar-refractivity contribution in [2.75, 3.05) is 24.5 Å². The predicted octanol–water partition coefficient (Wildman–Crippen LogP) is 4.52. The molecule has 1 aliphatic heterocycles. The van der Waals surface area contributed by atoms with Gasteiger partial charge in [0, 0.05) is 42.7 Å². The monoisotopic (exact) mass is 522 g/mol. The molecular weight excluding hydrogens is 495 g/mol. The van der Waals surface area contributed by atoms with Gasteiger partial charge in [-0.15, -0.1) is 35.3 Å². The predicted molar refractivity (Wildman–Crippen MR) is 131 cm³/mol. The van der Waals surface area contributed by atoms with Gasteiger partial charge in [-0.3, -0.25) is 0 Å². The highest BCUT2D eigenvalue weighted by Crippen LogP contribution is 2.19. The van der Waals surface area contributed by atoms with Crippen LogP contribution in [0, 0.1) is 0 Å². The zero-order chi connectivity index (χ0) is 19.0. The van der Waals surface area contributed by atoms with E-state index in [0.29, 0.717) is 12.6 Å². The molecule has 2 aromatic heterocycles. The van der Waals surface area contributed by atoms with Crippen molar-refractivity contribution in [1.29, 1.82) is 0 Å². The molecule has 0 spiro atoms. The summed E-state index contributed by atoms with van der Waals surface area (Å²) in [4.78, 5) is 8.50. The van der Waals surface area contributed by atoms with Gasteiger partial charge < -0.3 is 20.0 Å². The molecule has 7 heteroatoms. The molecule has 5 nitrogen and oxygen atoms in total. The van der Waals surface area contributed by atoms with E-state index in [1.54, 1.807) is 17.6 Å². The van der Waals surface area contributed by atoms with Crippen LogP contribution >= 0.6 is 35.3 Å². The van der Waals surface area contributed by atoms with E-state index in [0.717, 1.165) is 44.2 Å². The Hall–Kier alpha value is -2.00.